The smallest absolute Gasteiger partial charge is 0.265 e. The molecule has 5 heteroatoms. The minimum absolute atomic E-state index is 0.113. The van der Waals surface area contributed by atoms with Gasteiger partial charge in [-0.2, -0.15) is 0 Å². The number of morpholine rings is 1. The molecule has 2 rings (SSSR count). The van der Waals surface area contributed by atoms with Crippen molar-refractivity contribution in [1.82, 2.24) is 10.4 Å². The number of hydrogen-bond acceptors (Lipinski definition) is 4. The van der Waals surface area contributed by atoms with Gasteiger partial charge in [0.05, 0.1) is 19.8 Å². The molecule has 98 valence electrons. The van der Waals surface area contributed by atoms with Gasteiger partial charge < -0.3 is 9.47 Å². The second-order valence-corrected chi connectivity index (χ2v) is 4.00. The lowest BCUT2D eigenvalue weighted by molar-refractivity contribution is 0.0126. The predicted octanol–water partition coefficient (Wildman–Crippen LogP) is 1.06. The first-order valence-electron chi connectivity index (χ1n) is 6.16. The van der Waals surface area contributed by atoms with Crippen LogP contribution in [0, 0.1) is 0 Å². The van der Waals surface area contributed by atoms with Gasteiger partial charge in [-0.05, 0) is 25.1 Å². The molecule has 0 saturated carbocycles. The largest absolute Gasteiger partial charge is 0.494 e. The molecule has 18 heavy (non-hydrogen) atoms. The Hall–Kier alpha value is -1.59. The quantitative estimate of drug-likeness (QED) is 0.868. The standard InChI is InChI=1S/C13H18N2O3/c1-2-18-12-5-3-4-11(10-12)13(16)14-15-6-8-17-9-7-15/h3-5,10H,2,6-9H2,1H3,(H,14,16). The topological polar surface area (TPSA) is 50.8 Å². The molecule has 1 fully saturated rings. The summed E-state index contributed by atoms with van der Waals surface area (Å²) in [5.41, 5.74) is 3.47. The van der Waals surface area contributed by atoms with E-state index in [0.29, 0.717) is 31.1 Å². The van der Waals surface area contributed by atoms with Crippen LogP contribution in [-0.4, -0.2) is 43.8 Å². The maximum absolute atomic E-state index is 12.0. The molecule has 0 bridgehead atoms. The van der Waals surface area contributed by atoms with Gasteiger partial charge in [-0.3, -0.25) is 10.2 Å². The number of rotatable bonds is 4. The monoisotopic (exact) mass is 250 g/mol. The fraction of sp³-hybridized carbons (Fsp3) is 0.462. The predicted molar refractivity (Wildman–Crippen MR) is 67.5 cm³/mol. The number of ether oxygens (including phenoxy) is 2. The summed E-state index contributed by atoms with van der Waals surface area (Å²) >= 11 is 0. The Kier molecular flexibility index (Phi) is 4.55. The van der Waals surface area contributed by atoms with Crippen molar-refractivity contribution in [3.8, 4) is 5.75 Å². The van der Waals surface area contributed by atoms with Crippen molar-refractivity contribution < 1.29 is 14.3 Å². The number of hydrazine groups is 1. The second kappa shape index (κ2) is 6.37. The van der Waals surface area contributed by atoms with Crippen LogP contribution in [-0.2, 0) is 4.74 Å². The Bertz CT molecular complexity index is 403. The number of nitrogens with zero attached hydrogens (tertiary/aromatic N) is 1. The van der Waals surface area contributed by atoms with Gasteiger partial charge in [0.15, 0.2) is 0 Å². The van der Waals surface area contributed by atoms with Crippen molar-refractivity contribution >= 4 is 5.91 Å². The molecule has 1 aromatic carbocycles. The van der Waals surface area contributed by atoms with Crippen molar-refractivity contribution in [3.63, 3.8) is 0 Å². The van der Waals surface area contributed by atoms with E-state index in [-0.39, 0.29) is 5.91 Å². The summed E-state index contributed by atoms with van der Waals surface area (Å²) in [6.45, 7) is 5.25. The van der Waals surface area contributed by atoms with Crippen LogP contribution in [0.4, 0.5) is 0 Å². The fourth-order valence-corrected chi connectivity index (χ4v) is 1.78. The van der Waals surface area contributed by atoms with E-state index in [4.69, 9.17) is 9.47 Å². The third kappa shape index (κ3) is 3.45. The molecule has 5 nitrogen and oxygen atoms in total. The molecule has 1 aliphatic heterocycles. The molecule has 0 aromatic heterocycles. The van der Waals surface area contributed by atoms with Crippen LogP contribution in [0.1, 0.15) is 17.3 Å². The number of hydrogen-bond donors (Lipinski definition) is 1. The maximum atomic E-state index is 12.0. The van der Waals surface area contributed by atoms with E-state index in [2.05, 4.69) is 5.43 Å². The maximum Gasteiger partial charge on any atom is 0.265 e. The number of amides is 1. The van der Waals surface area contributed by atoms with Gasteiger partial charge in [0.2, 0.25) is 0 Å². The van der Waals surface area contributed by atoms with E-state index < -0.39 is 0 Å². The van der Waals surface area contributed by atoms with Crippen LogP contribution in [0.15, 0.2) is 24.3 Å². The first-order valence-corrected chi connectivity index (χ1v) is 6.16. The second-order valence-electron chi connectivity index (χ2n) is 4.00. The summed E-state index contributed by atoms with van der Waals surface area (Å²) in [6.07, 6.45) is 0. The summed E-state index contributed by atoms with van der Waals surface area (Å²) in [4.78, 5) is 12.0. The Labute approximate surface area is 107 Å². The SMILES string of the molecule is CCOc1cccc(C(=O)NN2CCOCC2)c1. The number of nitrogens with one attached hydrogen (secondary N) is 1. The van der Waals surface area contributed by atoms with Crippen LogP contribution in [0.2, 0.25) is 0 Å². The van der Waals surface area contributed by atoms with Crippen LogP contribution in [0.5, 0.6) is 5.75 Å². The third-order valence-electron chi connectivity index (χ3n) is 2.68. The highest BCUT2D eigenvalue weighted by Crippen LogP contribution is 2.13. The lowest BCUT2D eigenvalue weighted by Crippen LogP contribution is -2.48. The van der Waals surface area contributed by atoms with Crippen molar-refractivity contribution in [2.75, 3.05) is 32.9 Å². The molecule has 0 radical (unpaired) electrons. The Morgan fingerprint density at radius 3 is 2.94 bits per heavy atom. The highest BCUT2D eigenvalue weighted by molar-refractivity contribution is 5.94. The highest BCUT2D eigenvalue weighted by Gasteiger charge is 2.14. The van der Waals surface area contributed by atoms with E-state index in [1.165, 1.54) is 0 Å². The molecule has 0 aliphatic carbocycles. The summed E-state index contributed by atoms with van der Waals surface area (Å²) in [5.74, 6) is 0.602. The minimum Gasteiger partial charge on any atom is -0.494 e. The molecule has 0 spiro atoms. The van der Waals surface area contributed by atoms with Crippen molar-refractivity contribution in [2.24, 2.45) is 0 Å². The number of carbonyl (C=O) groups is 1. The van der Waals surface area contributed by atoms with E-state index in [0.717, 1.165) is 13.1 Å². The first kappa shape index (κ1) is 12.9. The molecule has 1 N–H and O–H groups in total. The molecular weight excluding hydrogens is 232 g/mol. The molecule has 1 amide bonds. The average Bonchev–Trinajstić information content (AvgIpc) is 2.40. The van der Waals surface area contributed by atoms with Crippen LogP contribution in [0.25, 0.3) is 0 Å². The highest BCUT2D eigenvalue weighted by atomic mass is 16.5. The van der Waals surface area contributed by atoms with Crippen molar-refractivity contribution in [3.05, 3.63) is 29.8 Å². The van der Waals surface area contributed by atoms with Gasteiger partial charge in [0.25, 0.3) is 5.91 Å². The zero-order valence-corrected chi connectivity index (χ0v) is 10.5. The van der Waals surface area contributed by atoms with E-state index >= 15 is 0 Å². The Morgan fingerprint density at radius 2 is 2.22 bits per heavy atom. The summed E-state index contributed by atoms with van der Waals surface area (Å²) in [5, 5.41) is 1.87. The van der Waals surface area contributed by atoms with Crippen LogP contribution < -0.4 is 10.2 Å². The lowest BCUT2D eigenvalue weighted by Gasteiger charge is -2.26. The Balaban J connectivity index is 1.96. The average molecular weight is 250 g/mol. The van der Waals surface area contributed by atoms with Gasteiger partial charge in [-0.15, -0.1) is 0 Å². The van der Waals surface area contributed by atoms with E-state index in [9.17, 15) is 4.79 Å². The third-order valence-corrected chi connectivity index (χ3v) is 2.68. The van der Waals surface area contributed by atoms with E-state index in [1.807, 2.05) is 24.1 Å². The van der Waals surface area contributed by atoms with Crippen molar-refractivity contribution in [1.29, 1.82) is 0 Å². The van der Waals surface area contributed by atoms with Gasteiger partial charge in [0, 0.05) is 18.7 Å². The molecule has 1 aromatic rings. The molecule has 1 saturated heterocycles. The zero-order valence-electron chi connectivity index (χ0n) is 10.5. The lowest BCUT2D eigenvalue weighted by atomic mass is 10.2. The van der Waals surface area contributed by atoms with Gasteiger partial charge in [-0.25, -0.2) is 5.01 Å². The van der Waals surface area contributed by atoms with Gasteiger partial charge >= 0.3 is 0 Å². The van der Waals surface area contributed by atoms with Crippen LogP contribution in [0.3, 0.4) is 0 Å². The summed E-state index contributed by atoms with van der Waals surface area (Å²) < 4.78 is 10.6. The molecule has 0 unspecified atom stereocenters. The molecule has 1 heterocycles. The molecule has 0 atom stereocenters. The van der Waals surface area contributed by atoms with E-state index in [1.54, 1.807) is 12.1 Å². The molecular formula is C13H18N2O3. The number of benzene rings is 1. The number of carbonyl (C=O) groups excluding carboxylic acids is 1. The fourth-order valence-electron chi connectivity index (χ4n) is 1.78. The zero-order chi connectivity index (χ0) is 12.8. The van der Waals surface area contributed by atoms with Gasteiger partial charge in [-0.1, -0.05) is 6.07 Å². The summed E-state index contributed by atoms with van der Waals surface area (Å²) in [7, 11) is 0. The van der Waals surface area contributed by atoms with Gasteiger partial charge in [0.1, 0.15) is 5.75 Å². The molecule has 1 aliphatic rings. The Morgan fingerprint density at radius 1 is 1.44 bits per heavy atom. The minimum atomic E-state index is -0.113. The summed E-state index contributed by atoms with van der Waals surface area (Å²) in [6, 6.07) is 7.19. The normalized spacial score (nSPS) is 16.3. The van der Waals surface area contributed by atoms with Crippen molar-refractivity contribution in [2.45, 2.75) is 6.92 Å². The first-order chi connectivity index (χ1) is 8.79. The van der Waals surface area contributed by atoms with Crippen LogP contribution >= 0.6 is 0 Å².